The lowest BCUT2D eigenvalue weighted by Gasteiger charge is -2.55. The molecule has 0 aliphatic carbocycles. The molecule has 0 saturated carbocycles. The van der Waals surface area contributed by atoms with Crippen LogP contribution >= 0.6 is 11.6 Å². The second-order valence-corrected chi connectivity index (χ2v) is 9.82. The first-order chi connectivity index (χ1) is 17.1. The number of imide groups is 2. The van der Waals surface area contributed by atoms with Gasteiger partial charge >= 0.3 is 6.03 Å². The SMILES string of the molecule is C[C@@H]1CN2c3ccc(C(=O)NCc4ccc(F)c(Cl)c4)cc3CC3(C(=O)NC(=O)NC3=O)[C@H]2[C@H](C)O1. The monoisotopic (exact) mass is 514 g/mol. The first-order valence-electron chi connectivity index (χ1n) is 11.5. The molecule has 3 heterocycles. The van der Waals surface area contributed by atoms with Gasteiger partial charge < -0.3 is 15.0 Å². The van der Waals surface area contributed by atoms with E-state index in [1.165, 1.54) is 18.2 Å². The lowest BCUT2D eigenvalue weighted by molar-refractivity contribution is -0.153. The average Bonchev–Trinajstić information content (AvgIpc) is 2.82. The number of nitrogens with one attached hydrogen (secondary N) is 3. The highest BCUT2D eigenvalue weighted by molar-refractivity contribution is 6.30. The second-order valence-electron chi connectivity index (χ2n) is 9.41. The van der Waals surface area contributed by atoms with Gasteiger partial charge in [0.15, 0.2) is 5.41 Å². The van der Waals surface area contributed by atoms with Gasteiger partial charge in [-0.3, -0.25) is 25.0 Å². The molecule has 2 fully saturated rings. The number of fused-ring (bicyclic) bond motifs is 4. The number of halogens is 2. The molecule has 9 nitrogen and oxygen atoms in total. The first kappa shape index (κ1) is 24.2. The predicted octanol–water partition coefficient (Wildman–Crippen LogP) is 2.30. The van der Waals surface area contributed by atoms with Gasteiger partial charge in [-0.05, 0) is 61.7 Å². The summed E-state index contributed by atoms with van der Waals surface area (Å²) in [5.41, 5.74) is 0.778. The van der Waals surface area contributed by atoms with Gasteiger partial charge in [0.2, 0.25) is 11.8 Å². The topological polar surface area (TPSA) is 117 Å². The van der Waals surface area contributed by atoms with E-state index >= 15 is 0 Å². The molecule has 36 heavy (non-hydrogen) atoms. The van der Waals surface area contributed by atoms with Crippen LogP contribution in [0.3, 0.4) is 0 Å². The van der Waals surface area contributed by atoms with Gasteiger partial charge in [0.25, 0.3) is 5.91 Å². The Morgan fingerprint density at radius 3 is 2.58 bits per heavy atom. The molecular formula is C25H24ClFN4O5. The van der Waals surface area contributed by atoms with E-state index in [1.54, 1.807) is 25.1 Å². The summed E-state index contributed by atoms with van der Waals surface area (Å²) in [5, 5.41) is 7.22. The molecule has 5 rings (SSSR count). The molecule has 3 atom stereocenters. The number of carbonyl (C=O) groups is 4. The fraction of sp³-hybridized carbons (Fsp3) is 0.360. The van der Waals surface area contributed by atoms with Crippen LogP contribution in [0.4, 0.5) is 14.9 Å². The van der Waals surface area contributed by atoms with Crippen LogP contribution in [0.1, 0.15) is 35.3 Å². The van der Waals surface area contributed by atoms with Crippen molar-refractivity contribution >= 4 is 41.0 Å². The van der Waals surface area contributed by atoms with Gasteiger partial charge in [0.05, 0.1) is 23.3 Å². The molecule has 0 bridgehead atoms. The summed E-state index contributed by atoms with van der Waals surface area (Å²) in [5.74, 6) is -2.31. The van der Waals surface area contributed by atoms with Crippen molar-refractivity contribution in [2.45, 2.75) is 45.1 Å². The molecule has 11 heteroatoms. The van der Waals surface area contributed by atoms with Crippen molar-refractivity contribution < 1.29 is 28.3 Å². The summed E-state index contributed by atoms with van der Waals surface area (Å²) < 4.78 is 19.4. The van der Waals surface area contributed by atoms with Crippen LogP contribution in [0.25, 0.3) is 0 Å². The number of anilines is 1. The number of rotatable bonds is 3. The summed E-state index contributed by atoms with van der Waals surface area (Å²) in [6.45, 7) is 4.27. The number of carbonyl (C=O) groups excluding carboxylic acids is 4. The third-order valence-electron chi connectivity index (χ3n) is 7.01. The standard InChI is InChI=1S/C25H24ClFN4O5/c1-12-11-31-19-6-4-15(21(32)28-10-14-3-5-18(27)17(26)7-14)8-16(19)9-25(20(31)13(2)36-12)22(33)29-24(35)30-23(25)34/h3-8,12-13,20H,9-11H2,1-2H3,(H,28,32)(H2,29,30,33,34,35)/t12-,13+,20-/m1/s1. The summed E-state index contributed by atoms with van der Waals surface area (Å²) in [6, 6.07) is 7.83. The van der Waals surface area contributed by atoms with Crippen molar-refractivity contribution in [2.75, 3.05) is 11.4 Å². The Labute approximate surface area is 211 Å². The number of benzene rings is 2. The lowest BCUT2D eigenvalue weighted by Crippen LogP contribution is -2.75. The van der Waals surface area contributed by atoms with E-state index < -0.39 is 41.2 Å². The smallest absolute Gasteiger partial charge is 0.328 e. The molecule has 0 aromatic heterocycles. The van der Waals surface area contributed by atoms with Crippen molar-refractivity contribution in [1.29, 1.82) is 0 Å². The maximum Gasteiger partial charge on any atom is 0.328 e. The molecule has 1 spiro atoms. The molecule has 0 radical (unpaired) electrons. The number of amides is 5. The molecule has 0 unspecified atom stereocenters. The molecule has 2 saturated heterocycles. The van der Waals surface area contributed by atoms with Crippen LogP contribution in [-0.4, -0.2) is 48.5 Å². The fourth-order valence-electron chi connectivity index (χ4n) is 5.52. The second kappa shape index (κ2) is 8.86. The summed E-state index contributed by atoms with van der Waals surface area (Å²) in [7, 11) is 0. The Balaban J connectivity index is 1.48. The number of ether oxygens (including phenoxy) is 1. The van der Waals surface area contributed by atoms with Crippen molar-refractivity contribution in [3.8, 4) is 0 Å². The normalized spacial score (nSPS) is 24.5. The summed E-state index contributed by atoms with van der Waals surface area (Å²) in [4.78, 5) is 53.2. The Kier molecular flexibility index (Phi) is 5.96. The summed E-state index contributed by atoms with van der Waals surface area (Å²) >= 11 is 5.82. The Hall–Kier alpha value is -3.50. The zero-order valence-electron chi connectivity index (χ0n) is 19.6. The van der Waals surface area contributed by atoms with Crippen molar-refractivity contribution in [2.24, 2.45) is 5.41 Å². The van der Waals surface area contributed by atoms with Gasteiger partial charge in [0, 0.05) is 24.3 Å². The molecule has 3 aliphatic heterocycles. The highest BCUT2D eigenvalue weighted by Crippen LogP contribution is 2.46. The van der Waals surface area contributed by atoms with Crippen molar-refractivity contribution in [3.63, 3.8) is 0 Å². The lowest BCUT2D eigenvalue weighted by atomic mass is 9.66. The fourth-order valence-corrected chi connectivity index (χ4v) is 5.73. The van der Waals surface area contributed by atoms with Crippen LogP contribution in [0.15, 0.2) is 36.4 Å². The number of urea groups is 1. The van der Waals surface area contributed by atoms with E-state index in [0.29, 0.717) is 23.2 Å². The van der Waals surface area contributed by atoms with Crippen LogP contribution in [0.2, 0.25) is 5.02 Å². The highest BCUT2D eigenvalue weighted by Gasteiger charge is 2.62. The number of nitrogens with zero attached hydrogens (tertiary/aromatic N) is 1. The quantitative estimate of drug-likeness (QED) is 0.541. The predicted molar refractivity (Wildman–Crippen MR) is 128 cm³/mol. The molecule has 188 valence electrons. The van der Waals surface area contributed by atoms with Crippen LogP contribution in [0.5, 0.6) is 0 Å². The van der Waals surface area contributed by atoms with Gasteiger partial charge in [0.1, 0.15) is 5.82 Å². The summed E-state index contributed by atoms with van der Waals surface area (Å²) in [6.07, 6.45) is -0.649. The van der Waals surface area contributed by atoms with Gasteiger partial charge in [-0.25, -0.2) is 9.18 Å². The molecular weight excluding hydrogens is 491 g/mol. The van der Waals surface area contributed by atoms with Gasteiger partial charge in [-0.2, -0.15) is 0 Å². The number of morpholine rings is 1. The molecule has 5 amide bonds. The number of barbiturate groups is 1. The average molecular weight is 515 g/mol. The largest absolute Gasteiger partial charge is 0.372 e. The minimum atomic E-state index is -1.61. The van der Waals surface area contributed by atoms with E-state index in [0.717, 1.165) is 5.69 Å². The van der Waals surface area contributed by atoms with Gasteiger partial charge in [-0.15, -0.1) is 0 Å². The third kappa shape index (κ3) is 3.90. The molecule has 2 aromatic carbocycles. The Morgan fingerprint density at radius 1 is 1.17 bits per heavy atom. The minimum Gasteiger partial charge on any atom is -0.372 e. The zero-order chi connectivity index (χ0) is 25.8. The maximum atomic E-state index is 13.4. The van der Waals surface area contributed by atoms with Crippen LogP contribution in [-0.2, 0) is 27.3 Å². The third-order valence-corrected chi connectivity index (χ3v) is 7.30. The van der Waals surface area contributed by atoms with Crippen LogP contribution < -0.4 is 20.9 Å². The van der Waals surface area contributed by atoms with Gasteiger partial charge in [-0.1, -0.05) is 17.7 Å². The Bertz CT molecular complexity index is 1280. The molecule has 3 aliphatic rings. The zero-order valence-corrected chi connectivity index (χ0v) is 20.3. The maximum absolute atomic E-state index is 13.4. The number of hydrogen-bond donors (Lipinski definition) is 3. The first-order valence-corrected chi connectivity index (χ1v) is 11.9. The van der Waals surface area contributed by atoms with Crippen LogP contribution in [0, 0.1) is 11.2 Å². The van der Waals surface area contributed by atoms with E-state index in [9.17, 15) is 23.6 Å². The van der Waals surface area contributed by atoms with E-state index in [-0.39, 0.29) is 30.0 Å². The van der Waals surface area contributed by atoms with Crippen molar-refractivity contribution in [1.82, 2.24) is 16.0 Å². The van der Waals surface area contributed by atoms with E-state index in [2.05, 4.69) is 16.0 Å². The minimum absolute atomic E-state index is 0.00871. The number of hydrogen-bond acceptors (Lipinski definition) is 6. The highest BCUT2D eigenvalue weighted by atomic mass is 35.5. The molecule has 2 aromatic rings. The van der Waals surface area contributed by atoms with Crippen molar-refractivity contribution in [3.05, 3.63) is 63.9 Å². The Morgan fingerprint density at radius 2 is 1.89 bits per heavy atom. The van der Waals surface area contributed by atoms with E-state index in [1.807, 2.05) is 11.8 Å². The molecule has 3 N–H and O–H groups in total. The van der Waals surface area contributed by atoms with E-state index in [4.69, 9.17) is 16.3 Å².